The van der Waals surface area contributed by atoms with E-state index in [4.69, 9.17) is 16.9 Å². The van der Waals surface area contributed by atoms with E-state index in [1.807, 2.05) is 6.07 Å². The molecule has 0 aliphatic heterocycles. The number of phenols is 1. The van der Waals surface area contributed by atoms with E-state index in [0.29, 0.717) is 6.54 Å². The van der Waals surface area contributed by atoms with Crippen molar-refractivity contribution in [2.75, 3.05) is 26.2 Å². The van der Waals surface area contributed by atoms with Gasteiger partial charge in [-0.3, -0.25) is 4.79 Å². The summed E-state index contributed by atoms with van der Waals surface area (Å²) in [6.45, 7) is 7.14. The second-order valence-electron chi connectivity index (χ2n) is 4.24. The highest BCUT2D eigenvalue weighted by Gasteiger charge is 2.14. The normalized spacial score (nSPS) is 10.3. The first-order chi connectivity index (χ1) is 9.53. The van der Waals surface area contributed by atoms with Crippen LogP contribution in [-0.4, -0.2) is 42.1 Å². The zero-order valence-electron chi connectivity index (χ0n) is 11.6. The Morgan fingerprint density at radius 3 is 2.65 bits per heavy atom. The molecule has 0 saturated carbocycles. The number of hydrogen-bond donors (Lipinski definition) is 2. The highest BCUT2D eigenvalue weighted by atomic mass is 35.5. The fourth-order valence-corrected chi connectivity index (χ4v) is 1.99. The molecular formula is C14H18ClN3O2. The minimum Gasteiger partial charge on any atom is -0.507 e. The monoisotopic (exact) mass is 295 g/mol. The van der Waals surface area contributed by atoms with Gasteiger partial charge in [0.2, 0.25) is 0 Å². The van der Waals surface area contributed by atoms with Gasteiger partial charge >= 0.3 is 0 Å². The summed E-state index contributed by atoms with van der Waals surface area (Å²) in [5, 5.41) is 21.4. The van der Waals surface area contributed by atoms with Gasteiger partial charge in [0.15, 0.2) is 0 Å². The van der Waals surface area contributed by atoms with Crippen LogP contribution in [0.2, 0.25) is 5.02 Å². The number of phenolic OH excluding ortho intramolecular Hbond substituents is 1. The van der Waals surface area contributed by atoms with Crippen LogP contribution in [0.3, 0.4) is 0 Å². The van der Waals surface area contributed by atoms with Gasteiger partial charge in [0.25, 0.3) is 5.91 Å². The van der Waals surface area contributed by atoms with E-state index in [0.717, 1.165) is 19.6 Å². The number of amides is 1. The molecule has 0 fully saturated rings. The summed E-state index contributed by atoms with van der Waals surface area (Å²) in [5.41, 5.74) is 0.226. The van der Waals surface area contributed by atoms with Gasteiger partial charge in [0, 0.05) is 19.2 Å². The third kappa shape index (κ3) is 4.12. The van der Waals surface area contributed by atoms with Crippen molar-refractivity contribution in [3.8, 4) is 11.8 Å². The molecular weight excluding hydrogens is 278 g/mol. The van der Waals surface area contributed by atoms with Gasteiger partial charge in [-0.1, -0.05) is 25.4 Å². The van der Waals surface area contributed by atoms with Crippen LogP contribution in [0.4, 0.5) is 0 Å². The van der Waals surface area contributed by atoms with Gasteiger partial charge < -0.3 is 15.3 Å². The minimum absolute atomic E-state index is 0.0606. The van der Waals surface area contributed by atoms with Crippen molar-refractivity contribution < 1.29 is 9.90 Å². The lowest BCUT2D eigenvalue weighted by Gasteiger charge is -2.18. The maximum absolute atomic E-state index is 12.0. The van der Waals surface area contributed by atoms with Crippen LogP contribution >= 0.6 is 11.6 Å². The van der Waals surface area contributed by atoms with Gasteiger partial charge in [0.05, 0.1) is 16.1 Å². The summed E-state index contributed by atoms with van der Waals surface area (Å²) >= 11 is 5.77. The van der Waals surface area contributed by atoms with Crippen molar-refractivity contribution in [2.24, 2.45) is 0 Å². The van der Waals surface area contributed by atoms with Crippen molar-refractivity contribution in [3.63, 3.8) is 0 Å². The molecule has 1 rings (SSSR count). The second kappa shape index (κ2) is 7.73. The fourth-order valence-electron chi connectivity index (χ4n) is 1.79. The number of carbonyl (C=O) groups is 1. The number of nitrogens with zero attached hydrogens (tertiary/aromatic N) is 2. The van der Waals surface area contributed by atoms with Crippen LogP contribution in [0, 0.1) is 11.3 Å². The highest BCUT2D eigenvalue weighted by Crippen LogP contribution is 2.25. The summed E-state index contributed by atoms with van der Waals surface area (Å²) in [6.07, 6.45) is 0. The average molecular weight is 296 g/mol. The number of nitriles is 1. The smallest absolute Gasteiger partial charge is 0.255 e. The zero-order valence-corrected chi connectivity index (χ0v) is 12.4. The summed E-state index contributed by atoms with van der Waals surface area (Å²) in [6, 6.07) is 4.38. The minimum atomic E-state index is -0.414. The number of rotatable bonds is 6. The quantitative estimate of drug-likeness (QED) is 0.841. The first-order valence-corrected chi connectivity index (χ1v) is 6.84. The van der Waals surface area contributed by atoms with Gasteiger partial charge in [-0.15, -0.1) is 0 Å². The van der Waals surface area contributed by atoms with Crippen LogP contribution < -0.4 is 5.32 Å². The van der Waals surface area contributed by atoms with Crippen molar-refractivity contribution in [2.45, 2.75) is 13.8 Å². The van der Waals surface area contributed by atoms with E-state index in [1.165, 1.54) is 12.1 Å². The molecule has 0 atom stereocenters. The lowest BCUT2D eigenvalue weighted by molar-refractivity contribution is 0.0946. The molecule has 0 saturated heterocycles. The molecule has 0 heterocycles. The van der Waals surface area contributed by atoms with E-state index in [-0.39, 0.29) is 21.9 Å². The number of hydrogen-bond acceptors (Lipinski definition) is 4. The number of nitrogens with one attached hydrogen (secondary N) is 1. The average Bonchev–Trinajstić information content (AvgIpc) is 2.43. The van der Waals surface area contributed by atoms with E-state index in [9.17, 15) is 9.90 Å². The van der Waals surface area contributed by atoms with Crippen molar-refractivity contribution in [1.82, 2.24) is 10.2 Å². The van der Waals surface area contributed by atoms with Gasteiger partial charge in [0.1, 0.15) is 11.8 Å². The Morgan fingerprint density at radius 2 is 2.10 bits per heavy atom. The molecule has 0 aliphatic rings. The predicted octanol–water partition coefficient (Wildman–Crippen LogP) is 1.99. The largest absolute Gasteiger partial charge is 0.507 e. The Bertz CT molecular complexity index is 522. The van der Waals surface area contributed by atoms with E-state index < -0.39 is 5.91 Å². The molecule has 1 amide bonds. The van der Waals surface area contributed by atoms with Gasteiger partial charge in [-0.2, -0.15) is 5.26 Å². The molecule has 20 heavy (non-hydrogen) atoms. The molecule has 5 nitrogen and oxygen atoms in total. The zero-order chi connectivity index (χ0) is 15.1. The van der Waals surface area contributed by atoms with Crippen molar-refractivity contribution >= 4 is 17.5 Å². The highest BCUT2D eigenvalue weighted by molar-refractivity contribution is 6.32. The molecule has 0 aromatic heterocycles. The number of benzene rings is 1. The van der Waals surface area contributed by atoms with Crippen molar-refractivity contribution in [1.29, 1.82) is 5.26 Å². The van der Waals surface area contributed by atoms with E-state index in [1.54, 1.807) is 0 Å². The van der Waals surface area contributed by atoms with E-state index >= 15 is 0 Å². The van der Waals surface area contributed by atoms with Crippen LogP contribution in [-0.2, 0) is 0 Å². The number of carbonyl (C=O) groups excluding carboxylic acids is 1. The lowest BCUT2D eigenvalue weighted by atomic mass is 10.1. The van der Waals surface area contributed by atoms with Crippen LogP contribution in [0.1, 0.15) is 29.8 Å². The third-order valence-corrected chi connectivity index (χ3v) is 3.37. The van der Waals surface area contributed by atoms with E-state index in [2.05, 4.69) is 24.1 Å². The predicted molar refractivity (Wildman–Crippen MR) is 78.0 cm³/mol. The van der Waals surface area contributed by atoms with Gasteiger partial charge in [-0.05, 0) is 19.2 Å². The molecule has 6 heteroatoms. The second-order valence-corrected chi connectivity index (χ2v) is 4.65. The summed E-state index contributed by atoms with van der Waals surface area (Å²) in [7, 11) is 0. The molecule has 1 aromatic rings. The molecule has 2 N–H and O–H groups in total. The maximum atomic E-state index is 12.0. The number of likely N-dealkylation sites (N-methyl/N-ethyl adjacent to an activating group) is 1. The van der Waals surface area contributed by atoms with Crippen LogP contribution in [0.25, 0.3) is 0 Å². The number of aromatic hydroxyl groups is 1. The summed E-state index contributed by atoms with van der Waals surface area (Å²) in [5.74, 6) is -0.642. The molecule has 1 aromatic carbocycles. The Kier molecular flexibility index (Phi) is 6.29. The first kappa shape index (κ1) is 16.3. The maximum Gasteiger partial charge on any atom is 0.255 e. The molecule has 0 radical (unpaired) electrons. The third-order valence-electron chi connectivity index (χ3n) is 3.06. The molecule has 108 valence electrons. The van der Waals surface area contributed by atoms with Gasteiger partial charge in [-0.25, -0.2) is 0 Å². The molecule has 0 spiro atoms. The summed E-state index contributed by atoms with van der Waals surface area (Å²) in [4.78, 5) is 14.1. The fraction of sp³-hybridized carbons (Fsp3) is 0.429. The first-order valence-electron chi connectivity index (χ1n) is 6.46. The standard InChI is InChI=1S/C14H18ClN3O2/c1-3-18(4-2)6-5-17-14(20)11-7-10(9-16)12(15)8-13(11)19/h7-8,19H,3-6H2,1-2H3,(H,17,20). The number of halogens is 1. The molecule has 0 bridgehead atoms. The summed E-state index contributed by atoms with van der Waals surface area (Å²) < 4.78 is 0. The van der Waals surface area contributed by atoms with Crippen molar-refractivity contribution in [3.05, 3.63) is 28.3 Å². The Hall–Kier alpha value is -1.77. The Morgan fingerprint density at radius 1 is 1.45 bits per heavy atom. The SMILES string of the molecule is CCN(CC)CCNC(=O)c1cc(C#N)c(Cl)cc1O. The van der Waals surface area contributed by atoms with Crippen LogP contribution in [0.15, 0.2) is 12.1 Å². The Balaban J connectivity index is 2.71. The molecule has 0 aliphatic carbocycles. The Labute approximate surface area is 123 Å². The topological polar surface area (TPSA) is 76.4 Å². The van der Waals surface area contributed by atoms with Crippen LogP contribution in [0.5, 0.6) is 5.75 Å². The lowest BCUT2D eigenvalue weighted by Crippen LogP contribution is -2.34. The molecule has 0 unspecified atom stereocenters.